The third-order valence-corrected chi connectivity index (χ3v) is 5.54. The molecule has 18 heavy (non-hydrogen) atoms. The largest absolute Gasteiger partial charge is 0.311 e. The van der Waals surface area contributed by atoms with Crippen molar-refractivity contribution < 1.29 is 0 Å². The van der Waals surface area contributed by atoms with Gasteiger partial charge in [-0.1, -0.05) is 47.5 Å². The second-order valence-corrected chi connectivity index (χ2v) is 8.15. The number of hydrogen-bond donors (Lipinski definition) is 1. The van der Waals surface area contributed by atoms with Gasteiger partial charge >= 0.3 is 0 Å². The Labute approximate surface area is 114 Å². The molecule has 0 aliphatic heterocycles. The van der Waals surface area contributed by atoms with Crippen molar-refractivity contribution in [3.63, 3.8) is 0 Å². The van der Waals surface area contributed by atoms with Gasteiger partial charge in [0, 0.05) is 12.1 Å². The van der Waals surface area contributed by atoms with Gasteiger partial charge in [-0.15, -0.1) is 0 Å². The molecular formula is C17H33N. The molecule has 2 saturated carbocycles. The third kappa shape index (κ3) is 3.50. The number of nitrogens with one attached hydrogen (secondary N) is 1. The highest BCUT2D eigenvalue weighted by Crippen LogP contribution is 2.39. The van der Waals surface area contributed by atoms with E-state index in [1.165, 1.54) is 38.5 Å². The van der Waals surface area contributed by atoms with Gasteiger partial charge in [0.05, 0.1) is 0 Å². The Bertz CT molecular complexity index is 271. The van der Waals surface area contributed by atoms with E-state index in [4.69, 9.17) is 0 Å². The molecule has 5 unspecified atom stereocenters. The zero-order valence-corrected chi connectivity index (χ0v) is 13.1. The Balaban J connectivity index is 1.92. The minimum Gasteiger partial charge on any atom is -0.311 e. The van der Waals surface area contributed by atoms with Crippen molar-refractivity contribution in [1.29, 1.82) is 0 Å². The summed E-state index contributed by atoms with van der Waals surface area (Å²) in [5.74, 6) is 2.66. The summed E-state index contributed by atoms with van der Waals surface area (Å²) in [4.78, 5) is 0. The average molecular weight is 251 g/mol. The molecule has 2 rings (SSSR count). The van der Waals surface area contributed by atoms with Crippen molar-refractivity contribution in [2.45, 2.75) is 85.2 Å². The average Bonchev–Trinajstić information content (AvgIpc) is 2.22. The fourth-order valence-corrected chi connectivity index (χ4v) is 4.59. The lowest BCUT2D eigenvalue weighted by Gasteiger charge is -2.43. The summed E-state index contributed by atoms with van der Waals surface area (Å²) in [5.41, 5.74) is 0.541. The van der Waals surface area contributed by atoms with Crippen molar-refractivity contribution in [1.82, 2.24) is 5.32 Å². The van der Waals surface area contributed by atoms with E-state index in [2.05, 4.69) is 39.9 Å². The first kappa shape index (κ1) is 14.4. The molecule has 1 nitrogen and oxygen atoms in total. The summed E-state index contributed by atoms with van der Waals surface area (Å²) in [7, 11) is 0. The molecule has 5 atom stereocenters. The van der Waals surface area contributed by atoms with Crippen LogP contribution in [0.2, 0.25) is 0 Å². The van der Waals surface area contributed by atoms with Crippen LogP contribution in [0.25, 0.3) is 0 Å². The molecule has 0 saturated heterocycles. The van der Waals surface area contributed by atoms with Crippen LogP contribution >= 0.6 is 0 Å². The molecule has 0 heterocycles. The van der Waals surface area contributed by atoms with E-state index in [1.807, 2.05) is 0 Å². The number of hydrogen-bond acceptors (Lipinski definition) is 1. The molecule has 106 valence electrons. The highest BCUT2D eigenvalue weighted by atomic mass is 15.0. The van der Waals surface area contributed by atoms with Gasteiger partial charge < -0.3 is 5.32 Å². The molecule has 2 fully saturated rings. The molecule has 0 spiro atoms. The zero-order chi connectivity index (χ0) is 13.3. The summed E-state index contributed by atoms with van der Waals surface area (Å²) in [6.45, 7) is 12.2. The van der Waals surface area contributed by atoms with Gasteiger partial charge in [0.15, 0.2) is 0 Å². The van der Waals surface area contributed by atoms with Gasteiger partial charge in [0.2, 0.25) is 0 Å². The van der Waals surface area contributed by atoms with E-state index in [9.17, 15) is 0 Å². The highest BCUT2D eigenvalue weighted by molar-refractivity contribution is 4.91. The van der Waals surface area contributed by atoms with Gasteiger partial charge in [-0.3, -0.25) is 0 Å². The molecular weight excluding hydrogens is 218 g/mol. The molecule has 0 amide bonds. The molecule has 1 heteroatoms. The van der Waals surface area contributed by atoms with Gasteiger partial charge in [-0.05, 0) is 48.9 Å². The van der Waals surface area contributed by atoms with Crippen molar-refractivity contribution in [2.75, 3.05) is 0 Å². The SMILES string of the molecule is CC1CC(NC2CCCC(C)C2C)CC(C)(C)C1. The molecule has 0 aromatic rings. The summed E-state index contributed by atoms with van der Waals surface area (Å²) in [6, 6.07) is 1.54. The Morgan fingerprint density at radius 2 is 1.72 bits per heavy atom. The summed E-state index contributed by atoms with van der Waals surface area (Å²) < 4.78 is 0. The van der Waals surface area contributed by atoms with Crippen LogP contribution in [0, 0.1) is 23.2 Å². The second-order valence-electron chi connectivity index (χ2n) is 8.15. The minimum atomic E-state index is 0.541. The Hall–Kier alpha value is -0.0400. The first-order chi connectivity index (χ1) is 8.37. The van der Waals surface area contributed by atoms with Crippen LogP contribution in [0.15, 0.2) is 0 Å². The van der Waals surface area contributed by atoms with Crippen LogP contribution < -0.4 is 5.32 Å². The van der Waals surface area contributed by atoms with Crippen LogP contribution in [0.3, 0.4) is 0 Å². The quantitative estimate of drug-likeness (QED) is 0.755. The van der Waals surface area contributed by atoms with E-state index >= 15 is 0 Å². The lowest BCUT2D eigenvalue weighted by Crippen LogP contribution is -2.49. The van der Waals surface area contributed by atoms with Gasteiger partial charge in [0.25, 0.3) is 0 Å². The smallest absolute Gasteiger partial charge is 0.00978 e. The zero-order valence-electron chi connectivity index (χ0n) is 13.1. The Kier molecular flexibility index (Phi) is 4.41. The predicted molar refractivity (Wildman–Crippen MR) is 79.7 cm³/mol. The molecule has 1 N–H and O–H groups in total. The fourth-order valence-electron chi connectivity index (χ4n) is 4.59. The molecule has 2 aliphatic carbocycles. The molecule has 0 radical (unpaired) electrons. The first-order valence-corrected chi connectivity index (χ1v) is 8.13. The van der Waals surface area contributed by atoms with E-state index in [-0.39, 0.29) is 0 Å². The van der Waals surface area contributed by atoms with Crippen molar-refractivity contribution in [2.24, 2.45) is 23.2 Å². The van der Waals surface area contributed by atoms with Crippen LogP contribution in [0.1, 0.15) is 73.1 Å². The lowest BCUT2D eigenvalue weighted by molar-refractivity contribution is 0.118. The topological polar surface area (TPSA) is 12.0 Å². The maximum atomic E-state index is 4.02. The first-order valence-electron chi connectivity index (χ1n) is 8.13. The predicted octanol–water partition coefficient (Wildman–Crippen LogP) is 4.62. The van der Waals surface area contributed by atoms with Gasteiger partial charge in [-0.2, -0.15) is 0 Å². The second kappa shape index (κ2) is 5.53. The van der Waals surface area contributed by atoms with Crippen molar-refractivity contribution >= 4 is 0 Å². The molecule has 0 aromatic heterocycles. The molecule has 2 aliphatic rings. The van der Waals surface area contributed by atoms with Crippen LogP contribution in [-0.2, 0) is 0 Å². The van der Waals surface area contributed by atoms with Crippen LogP contribution in [0.4, 0.5) is 0 Å². The molecule has 0 aromatic carbocycles. The molecule has 0 bridgehead atoms. The van der Waals surface area contributed by atoms with Crippen molar-refractivity contribution in [3.05, 3.63) is 0 Å². The fraction of sp³-hybridized carbons (Fsp3) is 1.00. The summed E-state index contributed by atoms with van der Waals surface area (Å²) >= 11 is 0. The minimum absolute atomic E-state index is 0.541. The lowest BCUT2D eigenvalue weighted by atomic mass is 9.70. The maximum Gasteiger partial charge on any atom is 0.00978 e. The monoisotopic (exact) mass is 251 g/mol. The third-order valence-electron chi connectivity index (χ3n) is 5.54. The van der Waals surface area contributed by atoms with E-state index in [1.54, 1.807) is 0 Å². The standard InChI is InChI=1S/C17H33N/c1-12-9-15(11-17(4,5)10-12)18-16-8-6-7-13(2)14(16)3/h12-16,18H,6-11H2,1-5H3. The maximum absolute atomic E-state index is 4.02. The Morgan fingerprint density at radius 1 is 1.00 bits per heavy atom. The summed E-state index contributed by atoms with van der Waals surface area (Å²) in [6.07, 6.45) is 8.43. The van der Waals surface area contributed by atoms with Crippen molar-refractivity contribution in [3.8, 4) is 0 Å². The van der Waals surface area contributed by atoms with Crippen LogP contribution in [-0.4, -0.2) is 12.1 Å². The van der Waals surface area contributed by atoms with E-state index < -0.39 is 0 Å². The highest BCUT2D eigenvalue weighted by Gasteiger charge is 2.35. The van der Waals surface area contributed by atoms with Crippen LogP contribution in [0.5, 0.6) is 0 Å². The van der Waals surface area contributed by atoms with Gasteiger partial charge in [-0.25, -0.2) is 0 Å². The van der Waals surface area contributed by atoms with E-state index in [0.29, 0.717) is 5.41 Å². The number of rotatable bonds is 2. The van der Waals surface area contributed by atoms with E-state index in [0.717, 1.165) is 29.8 Å². The normalized spacial score (nSPS) is 44.8. The Morgan fingerprint density at radius 3 is 2.39 bits per heavy atom. The van der Waals surface area contributed by atoms with Gasteiger partial charge in [0.1, 0.15) is 0 Å². The summed E-state index contributed by atoms with van der Waals surface area (Å²) in [5, 5.41) is 4.02.